The number of fused-ring (bicyclic) bond motifs is 2. The summed E-state index contributed by atoms with van der Waals surface area (Å²) < 4.78 is 0. The van der Waals surface area contributed by atoms with E-state index in [1.807, 2.05) is 30.3 Å². The number of hydrogen-bond acceptors (Lipinski definition) is 3. The van der Waals surface area contributed by atoms with Crippen LogP contribution in [0.5, 0.6) is 0 Å². The molecule has 0 saturated carbocycles. The van der Waals surface area contributed by atoms with Crippen molar-refractivity contribution in [2.24, 2.45) is 5.92 Å². The molecule has 2 saturated heterocycles. The van der Waals surface area contributed by atoms with Gasteiger partial charge in [-0.15, -0.1) is 0 Å². The number of rotatable bonds is 2. The number of aliphatic hydroxyl groups excluding tert-OH is 2. The second kappa shape index (κ2) is 4.41. The second-order valence-corrected chi connectivity index (χ2v) is 5.28. The van der Waals surface area contributed by atoms with E-state index in [1.54, 1.807) is 0 Å². The van der Waals surface area contributed by atoms with Gasteiger partial charge < -0.3 is 15.5 Å². The summed E-state index contributed by atoms with van der Waals surface area (Å²) in [5.41, 5.74) is 0.906. The Labute approximate surface area is 101 Å². The van der Waals surface area contributed by atoms with E-state index in [1.165, 1.54) is 0 Å². The fraction of sp³-hybridized carbons (Fsp3) is 0.571. The van der Waals surface area contributed by atoms with Crippen LogP contribution in [0.4, 0.5) is 0 Å². The van der Waals surface area contributed by atoms with E-state index in [9.17, 15) is 10.2 Å². The van der Waals surface area contributed by atoms with Crippen molar-refractivity contribution in [3.63, 3.8) is 0 Å². The molecule has 17 heavy (non-hydrogen) atoms. The highest BCUT2D eigenvalue weighted by atomic mass is 16.3. The van der Waals surface area contributed by atoms with Crippen LogP contribution in [0.3, 0.4) is 0 Å². The molecule has 0 amide bonds. The molecule has 5 atom stereocenters. The minimum atomic E-state index is -0.567. The van der Waals surface area contributed by atoms with Crippen molar-refractivity contribution in [1.29, 1.82) is 0 Å². The van der Waals surface area contributed by atoms with E-state index in [-0.39, 0.29) is 18.1 Å². The molecule has 0 aliphatic carbocycles. The van der Waals surface area contributed by atoms with Crippen LogP contribution < -0.4 is 5.32 Å². The summed E-state index contributed by atoms with van der Waals surface area (Å²) in [5, 5.41) is 24.1. The molecule has 0 spiro atoms. The van der Waals surface area contributed by atoms with Gasteiger partial charge in [0, 0.05) is 18.0 Å². The first-order valence-corrected chi connectivity index (χ1v) is 6.43. The first kappa shape index (κ1) is 11.2. The topological polar surface area (TPSA) is 52.5 Å². The zero-order valence-electron chi connectivity index (χ0n) is 9.79. The molecular formula is C14H19NO2. The third kappa shape index (κ3) is 1.99. The summed E-state index contributed by atoms with van der Waals surface area (Å²) in [6.45, 7) is 0. The molecule has 1 unspecified atom stereocenters. The molecule has 1 aromatic rings. The Hall–Kier alpha value is -0.900. The third-order valence-corrected chi connectivity index (χ3v) is 4.22. The Morgan fingerprint density at radius 1 is 1.18 bits per heavy atom. The third-order valence-electron chi connectivity index (χ3n) is 4.22. The highest BCUT2D eigenvalue weighted by Gasteiger charge is 2.44. The minimum Gasteiger partial charge on any atom is -0.393 e. The molecule has 3 N–H and O–H groups in total. The van der Waals surface area contributed by atoms with Crippen LogP contribution in [0.15, 0.2) is 30.3 Å². The van der Waals surface area contributed by atoms with Gasteiger partial charge in [0.15, 0.2) is 0 Å². The van der Waals surface area contributed by atoms with Gasteiger partial charge in [0.05, 0.1) is 12.2 Å². The number of benzene rings is 1. The van der Waals surface area contributed by atoms with Crippen LogP contribution in [-0.4, -0.2) is 28.4 Å². The predicted molar refractivity (Wildman–Crippen MR) is 65.5 cm³/mol. The molecule has 3 rings (SSSR count). The smallest absolute Gasteiger partial charge is 0.0857 e. The minimum absolute atomic E-state index is 0.0730. The van der Waals surface area contributed by atoms with Crippen LogP contribution in [0, 0.1) is 5.92 Å². The van der Waals surface area contributed by atoms with Gasteiger partial charge >= 0.3 is 0 Å². The quantitative estimate of drug-likeness (QED) is 0.720. The summed E-state index contributed by atoms with van der Waals surface area (Å²) in [6, 6.07) is 10.4. The molecule has 3 nitrogen and oxygen atoms in total. The van der Waals surface area contributed by atoms with Crippen molar-refractivity contribution in [2.45, 2.75) is 43.6 Å². The van der Waals surface area contributed by atoms with E-state index in [4.69, 9.17) is 0 Å². The van der Waals surface area contributed by atoms with Crippen molar-refractivity contribution in [3.8, 4) is 0 Å². The van der Waals surface area contributed by atoms with Crippen LogP contribution in [0.2, 0.25) is 0 Å². The lowest BCUT2D eigenvalue weighted by Crippen LogP contribution is -2.50. The normalized spacial score (nSPS) is 38.0. The zero-order chi connectivity index (χ0) is 11.8. The first-order chi connectivity index (χ1) is 8.25. The molecule has 2 aliphatic rings. The van der Waals surface area contributed by atoms with E-state index in [0.29, 0.717) is 6.04 Å². The highest BCUT2D eigenvalue weighted by molar-refractivity contribution is 5.20. The van der Waals surface area contributed by atoms with Gasteiger partial charge in [0.2, 0.25) is 0 Å². The van der Waals surface area contributed by atoms with E-state index in [2.05, 4.69) is 5.32 Å². The largest absolute Gasteiger partial charge is 0.393 e. The van der Waals surface area contributed by atoms with Gasteiger partial charge in [0.1, 0.15) is 0 Å². The lowest BCUT2D eigenvalue weighted by molar-refractivity contribution is -0.0267. The Kier molecular flexibility index (Phi) is 2.90. The lowest BCUT2D eigenvalue weighted by Gasteiger charge is -2.37. The standard InChI is InChI=1S/C14H19NO2/c16-12-8-10-6-7-11(15-10)13(12)14(17)9-4-2-1-3-5-9/h1-5,10-17H,6-8H2/t10-,11+,12?,13+,14-/m1/s1. The van der Waals surface area contributed by atoms with Gasteiger partial charge in [-0.25, -0.2) is 0 Å². The molecule has 2 aliphatic heterocycles. The fourth-order valence-electron chi connectivity index (χ4n) is 3.36. The van der Waals surface area contributed by atoms with Crippen molar-refractivity contribution in [1.82, 2.24) is 5.32 Å². The van der Waals surface area contributed by atoms with Crippen LogP contribution in [-0.2, 0) is 0 Å². The van der Waals surface area contributed by atoms with Gasteiger partial charge in [0.25, 0.3) is 0 Å². The molecular weight excluding hydrogens is 214 g/mol. The number of aliphatic hydroxyl groups is 2. The molecule has 92 valence electrons. The van der Waals surface area contributed by atoms with Crippen LogP contribution in [0.1, 0.15) is 30.9 Å². The summed E-state index contributed by atoms with van der Waals surface area (Å²) in [7, 11) is 0. The van der Waals surface area contributed by atoms with Crippen LogP contribution >= 0.6 is 0 Å². The Bertz CT molecular complexity index is 381. The average molecular weight is 233 g/mol. The van der Waals surface area contributed by atoms with Gasteiger partial charge in [-0.2, -0.15) is 0 Å². The molecule has 3 heteroatoms. The van der Waals surface area contributed by atoms with Crippen molar-refractivity contribution in [3.05, 3.63) is 35.9 Å². The van der Waals surface area contributed by atoms with Gasteiger partial charge in [-0.05, 0) is 24.8 Å². The van der Waals surface area contributed by atoms with Crippen molar-refractivity contribution in [2.75, 3.05) is 0 Å². The molecule has 0 radical (unpaired) electrons. The van der Waals surface area contributed by atoms with Gasteiger partial charge in [-0.3, -0.25) is 0 Å². The molecule has 2 fully saturated rings. The Morgan fingerprint density at radius 2 is 1.94 bits per heavy atom. The second-order valence-electron chi connectivity index (χ2n) is 5.28. The SMILES string of the molecule is OC1C[C@H]2CC[C@H](N2)[C@@H]1[C@H](O)c1ccccc1. The monoisotopic (exact) mass is 233 g/mol. The Balaban J connectivity index is 1.83. The number of piperidine rings is 1. The van der Waals surface area contributed by atoms with Gasteiger partial charge in [-0.1, -0.05) is 30.3 Å². The van der Waals surface area contributed by atoms with Crippen LogP contribution in [0.25, 0.3) is 0 Å². The maximum Gasteiger partial charge on any atom is 0.0857 e. The summed E-state index contributed by atoms with van der Waals surface area (Å²) in [6.07, 6.45) is 2.01. The molecule has 1 aromatic carbocycles. The zero-order valence-corrected chi connectivity index (χ0v) is 9.79. The maximum absolute atomic E-state index is 10.4. The summed E-state index contributed by atoms with van der Waals surface area (Å²) >= 11 is 0. The number of hydrogen-bond donors (Lipinski definition) is 3. The van der Waals surface area contributed by atoms with Crippen molar-refractivity contribution >= 4 is 0 Å². The molecule has 2 heterocycles. The fourth-order valence-corrected chi connectivity index (χ4v) is 3.36. The van der Waals surface area contributed by atoms with E-state index < -0.39 is 6.10 Å². The molecule has 0 aromatic heterocycles. The Morgan fingerprint density at radius 3 is 2.71 bits per heavy atom. The lowest BCUT2D eigenvalue weighted by atomic mass is 9.82. The summed E-state index contributed by atoms with van der Waals surface area (Å²) in [5.74, 6) is -0.0730. The summed E-state index contributed by atoms with van der Waals surface area (Å²) in [4.78, 5) is 0. The predicted octanol–water partition coefficient (Wildman–Crippen LogP) is 1.22. The first-order valence-electron chi connectivity index (χ1n) is 6.43. The van der Waals surface area contributed by atoms with E-state index in [0.717, 1.165) is 24.8 Å². The highest BCUT2D eigenvalue weighted by Crippen LogP contribution is 2.38. The molecule has 2 bridgehead atoms. The van der Waals surface area contributed by atoms with Crippen molar-refractivity contribution < 1.29 is 10.2 Å². The number of nitrogens with one attached hydrogen (secondary N) is 1. The average Bonchev–Trinajstić information content (AvgIpc) is 2.73. The van der Waals surface area contributed by atoms with E-state index >= 15 is 0 Å². The maximum atomic E-state index is 10.4.